The topological polar surface area (TPSA) is 182 Å². The van der Waals surface area contributed by atoms with Crippen LogP contribution in [0.5, 0.6) is 0 Å². The second kappa shape index (κ2) is 11.3. The number of ketones is 2. The molecule has 1 heterocycles. The number of aryl methyl sites for hydroxylation is 1. The van der Waals surface area contributed by atoms with Gasteiger partial charge in [0.25, 0.3) is 0 Å². The monoisotopic (exact) mass is 605 g/mol. The molecule has 0 spiro atoms. The summed E-state index contributed by atoms with van der Waals surface area (Å²) in [6.45, 7) is 7.48. The van der Waals surface area contributed by atoms with Gasteiger partial charge in [-0.3, -0.25) is 14.4 Å². The molecule has 5 rings (SSSR count). The van der Waals surface area contributed by atoms with E-state index in [0.29, 0.717) is 30.7 Å². The lowest BCUT2D eigenvalue weighted by Crippen LogP contribution is -2.70. The van der Waals surface area contributed by atoms with Gasteiger partial charge in [0.1, 0.15) is 19.3 Å². The lowest BCUT2D eigenvalue weighted by atomic mass is 9.44. The minimum atomic E-state index is -2.02. The van der Waals surface area contributed by atoms with Crippen molar-refractivity contribution in [2.75, 3.05) is 13.2 Å². The maximum absolute atomic E-state index is 17.1. The summed E-state index contributed by atoms with van der Waals surface area (Å²) in [5.74, 6) is -2.34. The predicted molar refractivity (Wildman–Crippen MR) is 150 cm³/mol. The van der Waals surface area contributed by atoms with Crippen molar-refractivity contribution >= 4 is 23.4 Å². The van der Waals surface area contributed by atoms with Crippen LogP contribution in [0.2, 0.25) is 0 Å². The van der Waals surface area contributed by atoms with Crippen LogP contribution in [-0.4, -0.2) is 77.9 Å². The van der Waals surface area contributed by atoms with Crippen LogP contribution in [0, 0.1) is 45.6 Å². The molecule has 3 N–H and O–H groups in total. The molecular formula is C30H40FN3O9. The number of carbonyl (C=O) groups is 3. The molecule has 0 aromatic carbocycles. The van der Waals surface area contributed by atoms with Gasteiger partial charge < -0.3 is 30.2 Å². The van der Waals surface area contributed by atoms with Gasteiger partial charge in [0.2, 0.25) is 5.78 Å². The summed E-state index contributed by atoms with van der Waals surface area (Å²) in [4.78, 5) is 50.6. The third-order valence-electron chi connectivity index (χ3n) is 10.6. The third kappa shape index (κ3) is 4.67. The molecule has 3 fully saturated rings. The summed E-state index contributed by atoms with van der Waals surface area (Å²) in [6, 6.07) is 0. The van der Waals surface area contributed by atoms with Gasteiger partial charge in [0, 0.05) is 36.5 Å². The number of rotatable bonds is 6. The van der Waals surface area contributed by atoms with E-state index in [2.05, 4.69) is 4.98 Å². The van der Waals surface area contributed by atoms with Crippen LogP contribution in [0.25, 0.3) is 0 Å². The number of esters is 1. The van der Waals surface area contributed by atoms with E-state index in [1.165, 1.54) is 29.8 Å². The molecule has 0 bridgehead atoms. The Kier molecular flexibility index (Phi) is 8.59. The molecular weight excluding hydrogens is 565 g/mol. The maximum atomic E-state index is 17.1. The van der Waals surface area contributed by atoms with E-state index in [0.717, 1.165) is 0 Å². The van der Waals surface area contributed by atoms with Crippen molar-refractivity contribution in [2.24, 2.45) is 28.6 Å². The smallest absolute Gasteiger partial charge is 0.342 e. The van der Waals surface area contributed by atoms with Crippen LogP contribution in [-0.2, 0) is 25.7 Å². The Bertz CT molecular complexity index is 1390. The second-order valence-corrected chi connectivity index (χ2v) is 12.6. The normalized spacial score (nSPS) is 37.7. The number of ether oxygens (including phenoxy) is 1. The number of carbonyl (C=O) groups excluding carboxylic acids is 3. The number of Topliss-reactive ketones (excluding diaryl/α,β-unsaturated/α-hetero) is 1. The average molecular weight is 606 g/mol. The number of allylic oxidation sites excluding steroid dienone is 4. The molecule has 0 aliphatic heterocycles. The Hall–Kier alpha value is -3.29. The zero-order valence-corrected chi connectivity index (χ0v) is 25.1. The SMILES string of the molecule is CC(=O)O[C@]1(C(=O)CO)[C@@H](C)C[C@H]2[C@@H]3CCC4=CC(=O)C=C[C@]4(C)[C@@]3(F)[C@@H](O)C[C@@]21C.Cc1ncc([N+](=O)[O-])n1CCO. The van der Waals surface area contributed by atoms with E-state index < -0.39 is 63.3 Å². The summed E-state index contributed by atoms with van der Waals surface area (Å²) in [5.41, 5.74) is -5.10. The fourth-order valence-corrected chi connectivity index (χ4v) is 8.72. The van der Waals surface area contributed by atoms with Crippen LogP contribution in [0.4, 0.5) is 10.2 Å². The summed E-state index contributed by atoms with van der Waals surface area (Å²) >= 11 is 0. The lowest BCUT2D eigenvalue weighted by Gasteiger charge is -2.62. The Balaban J connectivity index is 0.000000296. The van der Waals surface area contributed by atoms with Crippen molar-refractivity contribution in [1.82, 2.24) is 9.55 Å². The van der Waals surface area contributed by atoms with Crippen molar-refractivity contribution in [3.63, 3.8) is 0 Å². The Morgan fingerprint density at radius 1 is 1.28 bits per heavy atom. The first-order valence-corrected chi connectivity index (χ1v) is 14.5. The van der Waals surface area contributed by atoms with Gasteiger partial charge in [-0.05, 0) is 55.6 Å². The number of halogens is 1. The van der Waals surface area contributed by atoms with Gasteiger partial charge >= 0.3 is 11.8 Å². The molecule has 3 saturated carbocycles. The molecule has 1 aromatic rings. The Morgan fingerprint density at radius 2 is 1.95 bits per heavy atom. The highest BCUT2D eigenvalue weighted by Crippen LogP contribution is 2.71. The molecule has 0 amide bonds. The molecule has 4 aliphatic carbocycles. The summed E-state index contributed by atoms with van der Waals surface area (Å²) in [5, 5.41) is 40.0. The standard InChI is InChI=1S/C24H31FO6.C6H9N3O3/c1-13-9-18-17-6-5-15-10-16(28)7-8-21(15,3)23(17,25)19(29)11-22(18,4)24(13,20(30)12-26)31-14(2)27;1-5-7-4-6(9(11)12)8(5)2-3-10/h7-8,10,13,17-19,26,29H,5-6,9,11-12H2,1-4H3;4,10H,2-3H2,1H3/t13-,17-,18-,19-,21-,22-,23-,24-;/m0./s1. The number of hydrogen-bond donors (Lipinski definition) is 3. The molecule has 236 valence electrons. The highest BCUT2D eigenvalue weighted by atomic mass is 19.1. The van der Waals surface area contributed by atoms with Crippen molar-refractivity contribution in [3.05, 3.63) is 45.9 Å². The van der Waals surface area contributed by atoms with Gasteiger partial charge in [-0.1, -0.05) is 25.5 Å². The number of aromatic nitrogens is 2. The number of nitrogens with zero attached hydrogens (tertiary/aromatic N) is 3. The van der Waals surface area contributed by atoms with Crippen LogP contribution < -0.4 is 0 Å². The minimum Gasteiger partial charge on any atom is -0.450 e. The van der Waals surface area contributed by atoms with E-state index in [1.807, 2.05) is 0 Å². The molecule has 13 heteroatoms. The van der Waals surface area contributed by atoms with E-state index in [1.54, 1.807) is 33.8 Å². The molecule has 8 atom stereocenters. The third-order valence-corrected chi connectivity index (χ3v) is 10.6. The molecule has 4 aliphatic rings. The number of hydrogen-bond acceptors (Lipinski definition) is 10. The van der Waals surface area contributed by atoms with E-state index in [4.69, 9.17) is 9.84 Å². The number of aliphatic hydroxyl groups is 3. The highest BCUT2D eigenvalue weighted by molar-refractivity contribution is 6.01. The number of nitro groups is 1. The minimum absolute atomic E-state index is 0.0819. The summed E-state index contributed by atoms with van der Waals surface area (Å²) < 4.78 is 24.1. The van der Waals surface area contributed by atoms with Gasteiger partial charge in [-0.25, -0.2) is 13.9 Å². The van der Waals surface area contributed by atoms with Crippen molar-refractivity contribution < 1.29 is 43.8 Å². The molecule has 0 saturated heterocycles. The number of fused-ring (bicyclic) bond motifs is 5. The fraction of sp³-hybridized carbons (Fsp3) is 0.667. The molecule has 12 nitrogen and oxygen atoms in total. The Labute approximate surface area is 248 Å². The van der Waals surface area contributed by atoms with Crippen molar-refractivity contribution in [3.8, 4) is 0 Å². The van der Waals surface area contributed by atoms with E-state index in [9.17, 15) is 34.7 Å². The molecule has 0 radical (unpaired) electrons. The van der Waals surface area contributed by atoms with Gasteiger partial charge in [0.15, 0.2) is 22.9 Å². The predicted octanol–water partition coefficient (Wildman–Crippen LogP) is 2.56. The van der Waals surface area contributed by atoms with E-state index in [-0.39, 0.29) is 37.1 Å². The lowest BCUT2D eigenvalue weighted by molar-refractivity contribution is -0.392. The van der Waals surface area contributed by atoms with Crippen LogP contribution in [0.3, 0.4) is 0 Å². The molecule has 43 heavy (non-hydrogen) atoms. The number of imidazole rings is 1. The molecule has 0 unspecified atom stereocenters. The number of aliphatic hydroxyl groups excluding tert-OH is 3. The zero-order chi connectivity index (χ0) is 32.1. The zero-order valence-electron chi connectivity index (χ0n) is 25.1. The van der Waals surface area contributed by atoms with Crippen LogP contribution in [0.15, 0.2) is 30.0 Å². The molecule has 1 aromatic heterocycles. The summed E-state index contributed by atoms with van der Waals surface area (Å²) in [6.07, 6.45) is 5.48. The summed E-state index contributed by atoms with van der Waals surface area (Å²) in [7, 11) is 0. The van der Waals surface area contributed by atoms with Gasteiger partial charge in [0.05, 0.1) is 12.7 Å². The fourth-order valence-electron chi connectivity index (χ4n) is 8.72. The average Bonchev–Trinajstić information content (AvgIpc) is 3.40. The Morgan fingerprint density at radius 3 is 2.53 bits per heavy atom. The first kappa shape index (κ1) is 32.6. The first-order chi connectivity index (χ1) is 20.0. The largest absolute Gasteiger partial charge is 0.450 e. The van der Waals surface area contributed by atoms with Crippen molar-refractivity contribution in [2.45, 2.75) is 84.2 Å². The quantitative estimate of drug-likeness (QED) is 0.248. The maximum Gasteiger partial charge on any atom is 0.342 e. The van der Waals surface area contributed by atoms with Crippen LogP contribution >= 0.6 is 0 Å². The van der Waals surface area contributed by atoms with Crippen LogP contribution in [0.1, 0.15) is 59.2 Å². The van der Waals surface area contributed by atoms with Crippen molar-refractivity contribution in [1.29, 1.82) is 0 Å². The first-order valence-electron chi connectivity index (χ1n) is 14.5. The second-order valence-electron chi connectivity index (χ2n) is 12.6. The number of alkyl halides is 1. The van der Waals surface area contributed by atoms with Gasteiger partial charge in [-0.2, -0.15) is 0 Å². The highest BCUT2D eigenvalue weighted by Gasteiger charge is 2.77. The van der Waals surface area contributed by atoms with E-state index >= 15 is 4.39 Å². The van der Waals surface area contributed by atoms with Gasteiger partial charge in [-0.15, -0.1) is 0 Å².